The third-order valence-corrected chi connectivity index (χ3v) is 5.85. The molecule has 98 valence electrons. The van der Waals surface area contributed by atoms with Crippen molar-refractivity contribution >= 4 is 11.3 Å². The molecule has 0 amide bonds. The molecule has 0 unspecified atom stereocenters. The number of aryl methyl sites for hydroxylation is 2. The minimum atomic E-state index is -0.142. The van der Waals surface area contributed by atoms with E-state index in [1.165, 1.54) is 39.5 Å². The van der Waals surface area contributed by atoms with Crippen LogP contribution in [-0.4, -0.2) is 4.98 Å². The van der Waals surface area contributed by atoms with Crippen molar-refractivity contribution in [1.82, 2.24) is 4.98 Å². The molecule has 4 rings (SSSR count). The number of rotatable bonds is 1. The lowest BCUT2D eigenvalue weighted by Gasteiger charge is -2.19. The van der Waals surface area contributed by atoms with E-state index < -0.39 is 0 Å². The number of benzene rings is 1. The van der Waals surface area contributed by atoms with E-state index in [4.69, 9.17) is 10.7 Å². The molecule has 2 aliphatic rings. The molecule has 0 bridgehead atoms. The Kier molecular flexibility index (Phi) is 2.54. The van der Waals surface area contributed by atoms with Gasteiger partial charge in [0.25, 0.3) is 0 Å². The largest absolute Gasteiger partial charge is 0.319 e. The van der Waals surface area contributed by atoms with Gasteiger partial charge in [-0.25, -0.2) is 4.98 Å². The fourth-order valence-electron chi connectivity index (χ4n) is 3.38. The molecule has 2 nitrogen and oxygen atoms in total. The molecule has 1 fully saturated rings. The van der Waals surface area contributed by atoms with Gasteiger partial charge in [0.1, 0.15) is 5.01 Å². The Labute approximate surface area is 117 Å². The first kappa shape index (κ1) is 11.6. The summed E-state index contributed by atoms with van der Waals surface area (Å²) in [6.07, 6.45) is 6.96. The van der Waals surface area contributed by atoms with E-state index >= 15 is 0 Å². The van der Waals surface area contributed by atoms with Crippen molar-refractivity contribution in [2.75, 3.05) is 0 Å². The zero-order valence-corrected chi connectivity index (χ0v) is 11.8. The van der Waals surface area contributed by atoms with E-state index in [1.807, 2.05) is 11.3 Å². The fourth-order valence-corrected chi connectivity index (χ4v) is 4.62. The topological polar surface area (TPSA) is 38.9 Å². The zero-order chi connectivity index (χ0) is 12.9. The molecule has 0 saturated heterocycles. The number of nitrogens with zero attached hydrogens (tertiary/aromatic N) is 1. The summed E-state index contributed by atoms with van der Waals surface area (Å²) < 4.78 is 0. The molecule has 2 aliphatic carbocycles. The van der Waals surface area contributed by atoms with Crippen molar-refractivity contribution in [3.8, 4) is 11.3 Å². The van der Waals surface area contributed by atoms with Crippen LogP contribution in [0, 0.1) is 0 Å². The number of aromatic nitrogens is 1. The molecule has 3 heteroatoms. The van der Waals surface area contributed by atoms with Crippen molar-refractivity contribution < 1.29 is 0 Å². The van der Waals surface area contributed by atoms with Gasteiger partial charge in [-0.15, -0.1) is 11.3 Å². The minimum Gasteiger partial charge on any atom is -0.319 e. The molecule has 2 aromatic rings. The van der Waals surface area contributed by atoms with Crippen molar-refractivity contribution in [2.24, 2.45) is 5.73 Å². The Morgan fingerprint density at radius 2 is 1.89 bits per heavy atom. The Morgan fingerprint density at radius 1 is 1.11 bits per heavy atom. The second kappa shape index (κ2) is 4.15. The van der Waals surface area contributed by atoms with Crippen molar-refractivity contribution in [3.05, 3.63) is 39.7 Å². The monoisotopic (exact) mass is 270 g/mol. The lowest BCUT2D eigenvalue weighted by Crippen LogP contribution is -2.32. The summed E-state index contributed by atoms with van der Waals surface area (Å²) in [5, 5.41) is 1.17. The molecule has 1 saturated carbocycles. The average Bonchev–Trinajstić information content (AvgIpc) is 3.05. The van der Waals surface area contributed by atoms with Gasteiger partial charge in [0.05, 0.1) is 11.2 Å². The second-order valence-electron chi connectivity index (χ2n) is 5.81. The van der Waals surface area contributed by atoms with Gasteiger partial charge in [-0.3, -0.25) is 0 Å². The molecular weight excluding hydrogens is 252 g/mol. The first-order chi connectivity index (χ1) is 9.26. The van der Waals surface area contributed by atoms with Gasteiger partial charge in [-0.1, -0.05) is 37.1 Å². The molecule has 0 spiro atoms. The van der Waals surface area contributed by atoms with E-state index in [1.54, 1.807) is 0 Å². The highest BCUT2D eigenvalue weighted by atomic mass is 32.1. The lowest BCUT2D eigenvalue weighted by molar-refractivity contribution is 0.459. The second-order valence-corrected chi connectivity index (χ2v) is 6.89. The summed E-state index contributed by atoms with van der Waals surface area (Å²) in [7, 11) is 0. The van der Waals surface area contributed by atoms with Crippen LogP contribution in [0.5, 0.6) is 0 Å². The highest BCUT2D eigenvalue weighted by Gasteiger charge is 2.35. The maximum atomic E-state index is 6.56. The van der Waals surface area contributed by atoms with Gasteiger partial charge in [-0.2, -0.15) is 0 Å². The standard InChI is InChI=1S/C16H18N2S/c17-16(9-3-4-10-16)15-18-14-12-6-2-1-5-11(12)7-8-13(14)19-15/h1-2,5-6H,3-4,7-10,17H2. The zero-order valence-electron chi connectivity index (χ0n) is 11.0. The van der Waals surface area contributed by atoms with Crippen molar-refractivity contribution in [2.45, 2.75) is 44.1 Å². The quantitative estimate of drug-likeness (QED) is 0.859. The summed E-state index contributed by atoms with van der Waals surface area (Å²) in [4.78, 5) is 6.37. The summed E-state index contributed by atoms with van der Waals surface area (Å²) in [5.74, 6) is 0. The summed E-state index contributed by atoms with van der Waals surface area (Å²) in [6, 6.07) is 8.67. The van der Waals surface area contributed by atoms with Gasteiger partial charge in [0, 0.05) is 10.4 Å². The predicted octanol–water partition coefficient (Wildman–Crippen LogP) is 3.64. The fraction of sp³-hybridized carbons (Fsp3) is 0.438. The van der Waals surface area contributed by atoms with Crippen molar-refractivity contribution in [1.29, 1.82) is 0 Å². The number of hydrogen-bond acceptors (Lipinski definition) is 3. The van der Waals surface area contributed by atoms with Crippen LogP contribution in [0.25, 0.3) is 11.3 Å². The highest BCUT2D eigenvalue weighted by Crippen LogP contribution is 2.43. The van der Waals surface area contributed by atoms with Crippen LogP contribution >= 0.6 is 11.3 Å². The molecule has 19 heavy (non-hydrogen) atoms. The number of nitrogens with two attached hydrogens (primary N) is 1. The number of hydrogen-bond donors (Lipinski definition) is 1. The van der Waals surface area contributed by atoms with Crippen LogP contribution in [0.15, 0.2) is 24.3 Å². The van der Waals surface area contributed by atoms with Gasteiger partial charge >= 0.3 is 0 Å². The van der Waals surface area contributed by atoms with E-state index in [0.29, 0.717) is 0 Å². The van der Waals surface area contributed by atoms with Crippen LogP contribution in [0.1, 0.15) is 41.1 Å². The molecule has 0 aliphatic heterocycles. The van der Waals surface area contributed by atoms with E-state index in [9.17, 15) is 0 Å². The third-order valence-electron chi connectivity index (χ3n) is 4.51. The minimum absolute atomic E-state index is 0.142. The molecule has 1 heterocycles. The van der Waals surface area contributed by atoms with Gasteiger partial charge < -0.3 is 5.73 Å². The third kappa shape index (κ3) is 1.76. The maximum absolute atomic E-state index is 6.56. The van der Waals surface area contributed by atoms with Crippen LogP contribution in [0.4, 0.5) is 0 Å². The van der Waals surface area contributed by atoms with Crippen LogP contribution in [0.3, 0.4) is 0 Å². The van der Waals surface area contributed by atoms with E-state index in [2.05, 4.69) is 24.3 Å². The van der Waals surface area contributed by atoms with Crippen LogP contribution in [-0.2, 0) is 18.4 Å². The molecule has 1 aromatic carbocycles. The van der Waals surface area contributed by atoms with Gasteiger partial charge in [-0.05, 0) is 31.2 Å². The number of fused-ring (bicyclic) bond motifs is 3. The Bertz CT molecular complexity index is 623. The lowest BCUT2D eigenvalue weighted by atomic mass is 9.93. The summed E-state index contributed by atoms with van der Waals surface area (Å²) >= 11 is 1.86. The summed E-state index contributed by atoms with van der Waals surface area (Å²) in [5.41, 5.74) is 10.4. The van der Waals surface area contributed by atoms with Crippen LogP contribution in [0.2, 0.25) is 0 Å². The molecule has 1 aromatic heterocycles. The Hall–Kier alpha value is -1.19. The maximum Gasteiger partial charge on any atom is 0.113 e. The highest BCUT2D eigenvalue weighted by molar-refractivity contribution is 7.12. The van der Waals surface area contributed by atoms with Gasteiger partial charge in [0.15, 0.2) is 0 Å². The van der Waals surface area contributed by atoms with E-state index in [0.717, 1.165) is 25.7 Å². The first-order valence-electron chi connectivity index (χ1n) is 7.14. The van der Waals surface area contributed by atoms with Crippen molar-refractivity contribution in [3.63, 3.8) is 0 Å². The Morgan fingerprint density at radius 3 is 2.74 bits per heavy atom. The predicted molar refractivity (Wildman–Crippen MR) is 79.3 cm³/mol. The molecular formula is C16H18N2S. The molecule has 0 atom stereocenters. The number of thiazole rings is 1. The first-order valence-corrected chi connectivity index (χ1v) is 7.95. The van der Waals surface area contributed by atoms with Crippen LogP contribution < -0.4 is 5.73 Å². The molecule has 2 N–H and O–H groups in total. The normalized spacial score (nSPS) is 20.1. The van der Waals surface area contributed by atoms with E-state index in [-0.39, 0.29) is 5.54 Å². The summed E-state index contributed by atoms with van der Waals surface area (Å²) in [6.45, 7) is 0. The SMILES string of the molecule is NC1(c2nc3c(s2)CCc2ccccc2-3)CCCC1. The Balaban J connectivity index is 1.83. The van der Waals surface area contributed by atoms with Gasteiger partial charge in [0.2, 0.25) is 0 Å². The smallest absolute Gasteiger partial charge is 0.113 e. The molecule has 0 radical (unpaired) electrons. The average molecular weight is 270 g/mol.